The Hall–Kier alpha value is -0.525. The van der Waals surface area contributed by atoms with Gasteiger partial charge in [-0.15, -0.1) is 0 Å². The van der Waals surface area contributed by atoms with Gasteiger partial charge in [0.1, 0.15) is 0 Å². The molecule has 0 saturated heterocycles. The van der Waals surface area contributed by atoms with Crippen LogP contribution < -0.4 is 5.46 Å². The van der Waals surface area contributed by atoms with E-state index < -0.39 is 11.2 Å². The van der Waals surface area contributed by atoms with Crippen LogP contribution in [0.4, 0.5) is 0 Å². The topological polar surface area (TPSA) is 41.9 Å². The molecule has 0 atom stereocenters. The molecule has 0 saturated carbocycles. The van der Waals surface area contributed by atoms with Crippen molar-refractivity contribution in [2.45, 2.75) is 57.6 Å². The van der Waals surface area contributed by atoms with E-state index >= 15 is 0 Å². The molecule has 0 aliphatic carbocycles. The van der Waals surface area contributed by atoms with Crippen LogP contribution in [0.1, 0.15) is 41.5 Å². The van der Waals surface area contributed by atoms with E-state index in [0.29, 0.717) is 7.48 Å². The Kier molecular flexibility index (Phi) is 7.42. The third kappa shape index (κ3) is 5.93. The summed E-state index contributed by atoms with van der Waals surface area (Å²) in [6.07, 6.45) is 0. The van der Waals surface area contributed by atoms with E-state index in [1.54, 1.807) is 13.8 Å². The van der Waals surface area contributed by atoms with Gasteiger partial charge < -0.3 is 9.76 Å². The molecule has 0 radical (unpaired) electrons. The first-order chi connectivity index (χ1) is 10.2. The van der Waals surface area contributed by atoms with Crippen molar-refractivity contribution in [2.24, 2.45) is 0 Å². The highest BCUT2D eigenvalue weighted by Crippen LogP contribution is 2.24. The Morgan fingerprint density at radius 3 is 2.09 bits per heavy atom. The summed E-state index contributed by atoms with van der Waals surface area (Å²) >= 11 is 1.36. The molecule has 124 valence electrons. The Labute approximate surface area is 139 Å². The van der Waals surface area contributed by atoms with E-state index in [0.717, 1.165) is 23.4 Å². The van der Waals surface area contributed by atoms with Crippen LogP contribution in [0.5, 0.6) is 0 Å². The third-order valence-electron chi connectivity index (χ3n) is 3.94. The van der Waals surface area contributed by atoms with Gasteiger partial charge in [0, 0.05) is 18.0 Å². The SMILES string of the molecule is CCN(CC)OSc1ccc(BOC(C)(C)C(C)(C)O)cc1. The summed E-state index contributed by atoms with van der Waals surface area (Å²) in [5.41, 5.74) is -0.420. The zero-order chi connectivity index (χ0) is 16.8. The zero-order valence-electron chi connectivity index (χ0n) is 14.5. The fourth-order valence-electron chi connectivity index (χ4n) is 1.51. The second-order valence-corrected chi connectivity index (χ2v) is 7.06. The van der Waals surface area contributed by atoms with Crippen LogP contribution in [-0.2, 0) is 8.94 Å². The maximum Gasteiger partial charge on any atom is 0.309 e. The molecule has 0 fully saturated rings. The number of rotatable bonds is 9. The predicted octanol–water partition coefficient (Wildman–Crippen LogP) is 2.51. The van der Waals surface area contributed by atoms with Crippen LogP contribution >= 0.6 is 12.0 Å². The summed E-state index contributed by atoms with van der Waals surface area (Å²) in [6.45, 7) is 13.2. The maximum absolute atomic E-state index is 10.1. The van der Waals surface area contributed by atoms with Crippen molar-refractivity contribution in [3.63, 3.8) is 0 Å². The lowest BCUT2D eigenvalue weighted by Crippen LogP contribution is -2.49. The summed E-state index contributed by atoms with van der Waals surface area (Å²) in [5.74, 6) is 0. The Bertz CT molecular complexity index is 442. The highest BCUT2D eigenvalue weighted by atomic mass is 32.2. The van der Waals surface area contributed by atoms with Gasteiger partial charge in [-0.3, -0.25) is 0 Å². The average Bonchev–Trinajstić information content (AvgIpc) is 2.46. The number of nitrogens with zero attached hydrogens (tertiary/aromatic N) is 1. The molecule has 0 spiro atoms. The molecule has 4 nitrogen and oxygen atoms in total. The van der Waals surface area contributed by atoms with Crippen LogP contribution in [0, 0.1) is 0 Å². The molecule has 1 N–H and O–H groups in total. The Balaban J connectivity index is 2.52. The summed E-state index contributed by atoms with van der Waals surface area (Å²) < 4.78 is 11.5. The highest BCUT2D eigenvalue weighted by molar-refractivity contribution is 7.94. The molecule has 6 heteroatoms. The largest absolute Gasteiger partial charge is 0.427 e. The van der Waals surface area contributed by atoms with Crippen molar-refractivity contribution in [3.05, 3.63) is 24.3 Å². The number of hydrogen-bond acceptors (Lipinski definition) is 5. The fraction of sp³-hybridized carbons (Fsp3) is 0.625. The molecule has 1 rings (SSSR count). The summed E-state index contributed by atoms with van der Waals surface area (Å²) in [4.78, 5) is 1.05. The second-order valence-electron chi connectivity index (χ2n) is 6.27. The van der Waals surface area contributed by atoms with Crippen molar-refractivity contribution >= 4 is 25.0 Å². The quantitative estimate of drug-likeness (QED) is 0.429. The summed E-state index contributed by atoms with van der Waals surface area (Å²) in [5, 5.41) is 12.0. The Morgan fingerprint density at radius 2 is 1.64 bits per heavy atom. The highest BCUT2D eigenvalue weighted by Gasteiger charge is 2.35. The first kappa shape index (κ1) is 19.5. The molecule has 0 heterocycles. The van der Waals surface area contributed by atoms with Crippen molar-refractivity contribution < 1.29 is 14.0 Å². The minimum atomic E-state index is -0.888. The molecule has 22 heavy (non-hydrogen) atoms. The van der Waals surface area contributed by atoms with Gasteiger partial charge in [0.25, 0.3) is 0 Å². The smallest absolute Gasteiger partial charge is 0.309 e. The van der Waals surface area contributed by atoms with Gasteiger partial charge >= 0.3 is 7.48 Å². The summed E-state index contributed by atoms with van der Waals surface area (Å²) in [6, 6.07) is 8.08. The molecule has 1 aromatic carbocycles. The fourth-order valence-corrected chi connectivity index (χ4v) is 2.16. The minimum absolute atomic E-state index is 0.471. The first-order valence-corrected chi connectivity index (χ1v) is 8.48. The first-order valence-electron chi connectivity index (χ1n) is 7.74. The van der Waals surface area contributed by atoms with Crippen LogP contribution in [0.2, 0.25) is 0 Å². The van der Waals surface area contributed by atoms with E-state index in [-0.39, 0.29) is 0 Å². The van der Waals surface area contributed by atoms with Gasteiger partial charge in [-0.1, -0.05) is 31.4 Å². The molecule has 0 amide bonds. The zero-order valence-corrected chi connectivity index (χ0v) is 15.4. The van der Waals surface area contributed by atoms with Gasteiger partial charge in [-0.25, -0.2) is 4.28 Å². The van der Waals surface area contributed by atoms with E-state index in [1.165, 1.54) is 12.0 Å². The molecule has 0 aliphatic heterocycles. The van der Waals surface area contributed by atoms with Gasteiger partial charge in [0.05, 0.1) is 23.2 Å². The van der Waals surface area contributed by atoms with Crippen molar-refractivity contribution in [3.8, 4) is 0 Å². The Morgan fingerprint density at radius 1 is 1.09 bits per heavy atom. The third-order valence-corrected chi connectivity index (χ3v) is 4.69. The van der Waals surface area contributed by atoms with E-state index in [9.17, 15) is 5.11 Å². The van der Waals surface area contributed by atoms with Crippen molar-refractivity contribution in [2.75, 3.05) is 13.1 Å². The molecule has 0 bridgehead atoms. The number of hydroxylamine groups is 2. The van der Waals surface area contributed by atoms with Crippen LogP contribution in [0.15, 0.2) is 29.2 Å². The standard InChI is InChI=1S/C16H28BNO3S/c1-7-18(8-2)21-22-14-11-9-13(10-12-14)17-20-16(5,6)15(3,4)19/h9-12,17,19H,7-8H2,1-6H3. The molecule has 1 aromatic rings. The van der Waals surface area contributed by atoms with Crippen molar-refractivity contribution in [1.82, 2.24) is 5.06 Å². The van der Waals surface area contributed by atoms with E-state index in [2.05, 4.69) is 13.8 Å². The normalized spacial score (nSPS) is 12.7. The van der Waals surface area contributed by atoms with E-state index in [4.69, 9.17) is 8.94 Å². The maximum atomic E-state index is 10.1. The van der Waals surface area contributed by atoms with Gasteiger partial charge in [-0.05, 0) is 39.8 Å². The molecular weight excluding hydrogens is 297 g/mol. The van der Waals surface area contributed by atoms with Crippen LogP contribution in [0.3, 0.4) is 0 Å². The van der Waals surface area contributed by atoms with Gasteiger partial charge in [-0.2, -0.15) is 5.06 Å². The monoisotopic (exact) mass is 325 g/mol. The lowest BCUT2D eigenvalue weighted by atomic mass is 9.83. The molecule has 0 unspecified atom stereocenters. The number of aliphatic hydroxyl groups is 1. The van der Waals surface area contributed by atoms with Crippen molar-refractivity contribution in [1.29, 1.82) is 0 Å². The predicted molar refractivity (Wildman–Crippen MR) is 94.5 cm³/mol. The summed E-state index contributed by atoms with van der Waals surface area (Å²) in [7, 11) is 0.471. The number of hydrogen-bond donors (Lipinski definition) is 1. The van der Waals surface area contributed by atoms with Crippen LogP contribution in [0.25, 0.3) is 0 Å². The molecule has 0 aliphatic rings. The average molecular weight is 325 g/mol. The molecular formula is C16H28BNO3S. The lowest BCUT2D eigenvalue weighted by molar-refractivity contribution is -0.0893. The molecule has 0 aromatic heterocycles. The van der Waals surface area contributed by atoms with Gasteiger partial charge in [0.15, 0.2) is 0 Å². The van der Waals surface area contributed by atoms with Crippen LogP contribution in [-0.4, -0.2) is 41.9 Å². The second kappa shape index (κ2) is 8.36. The van der Waals surface area contributed by atoms with E-state index in [1.807, 2.05) is 43.2 Å². The van der Waals surface area contributed by atoms with Gasteiger partial charge in [0.2, 0.25) is 0 Å². The number of benzene rings is 1. The minimum Gasteiger partial charge on any atom is -0.427 e. The lowest BCUT2D eigenvalue weighted by Gasteiger charge is -2.37.